The molecule has 23 heteroatoms. The molecule has 0 bridgehead atoms. The monoisotopic (exact) mass is 625 g/mol. The maximum Gasteiger partial charge on any atom is 0.460 e. The molecule has 0 aliphatic rings. The number of alkyl halides is 17. The van der Waals surface area contributed by atoms with Crippen molar-refractivity contribution < 1.29 is 93.0 Å². The van der Waals surface area contributed by atoms with E-state index < -0.39 is 85.4 Å². The van der Waals surface area contributed by atoms with E-state index in [0.29, 0.717) is 6.92 Å². The van der Waals surface area contributed by atoms with Crippen LogP contribution in [0.1, 0.15) is 13.8 Å². The second kappa shape index (κ2) is 9.54. The third-order valence-corrected chi connectivity index (χ3v) is 6.94. The Morgan fingerprint density at radius 2 is 1.00 bits per heavy atom. The van der Waals surface area contributed by atoms with E-state index in [1.807, 2.05) is 0 Å². The van der Waals surface area contributed by atoms with Crippen LogP contribution in [-0.2, 0) is 14.8 Å². The number of nitrogens with zero attached hydrogens (tertiary/aromatic N) is 1. The van der Waals surface area contributed by atoms with Crippen molar-refractivity contribution in [2.75, 3.05) is 6.54 Å². The minimum atomic E-state index is -8.95. The van der Waals surface area contributed by atoms with Gasteiger partial charge in [-0.05, 0) is 6.92 Å². The van der Waals surface area contributed by atoms with Gasteiger partial charge in [-0.15, -0.1) is 0 Å². The Bertz CT molecular complexity index is 1030. The fraction of sp³-hybridized carbons (Fsp3) is 0.800. The zero-order valence-corrected chi connectivity index (χ0v) is 18.8. The molecule has 0 fully saturated rings. The van der Waals surface area contributed by atoms with Gasteiger partial charge in [-0.25, -0.2) is 13.2 Å². The summed E-state index contributed by atoms with van der Waals surface area (Å²) in [5.41, 5.74) is -1.45. The average Bonchev–Trinajstić information content (AvgIpc) is 2.71. The molecule has 0 aromatic rings. The van der Waals surface area contributed by atoms with Crippen molar-refractivity contribution >= 4 is 16.0 Å². The fourth-order valence-electron chi connectivity index (χ4n) is 2.46. The lowest BCUT2D eigenvalue weighted by Crippen LogP contribution is -2.75. The molecule has 38 heavy (non-hydrogen) atoms. The minimum absolute atomic E-state index is 0.284. The number of hydrogen-bond donors (Lipinski definition) is 1. The molecule has 0 aromatic heterocycles. The number of likely N-dealkylation sites (N-methyl/N-ethyl adjacent to an activating group) is 1. The van der Waals surface area contributed by atoms with Crippen LogP contribution in [0.25, 0.3) is 0 Å². The third-order valence-electron chi connectivity index (χ3n) is 4.85. The molecule has 0 amide bonds. The van der Waals surface area contributed by atoms with Gasteiger partial charge in [-0.1, -0.05) is 13.5 Å². The third kappa shape index (κ3) is 4.55. The van der Waals surface area contributed by atoms with E-state index in [1.165, 1.54) is 0 Å². The number of aliphatic carboxylic acids is 1. The number of hydrogen-bond acceptors (Lipinski definition) is 3. The van der Waals surface area contributed by atoms with Gasteiger partial charge in [0.1, 0.15) is 0 Å². The summed E-state index contributed by atoms with van der Waals surface area (Å²) < 4.78 is 250. The molecule has 0 heterocycles. The Morgan fingerprint density at radius 3 is 1.26 bits per heavy atom. The van der Waals surface area contributed by atoms with Crippen LogP contribution in [0.2, 0.25) is 0 Å². The van der Waals surface area contributed by atoms with Gasteiger partial charge in [-0.3, -0.25) is 0 Å². The number of halogens is 17. The molecule has 0 radical (unpaired) electrons. The molecule has 0 saturated carbocycles. The van der Waals surface area contributed by atoms with Crippen LogP contribution in [0.4, 0.5) is 74.6 Å². The lowest BCUT2D eigenvalue weighted by molar-refractivity contribution is -0.458. The molecular formula is C15H12F17NO4S. The quantitative estimate of drug-likeness (QED) is 0.225. The molecule has 0 spiro atoms. The van der Waals surface area contributed by atoms with Gasteiger partial charge in [-0.2, -0.15) is 78.9 Å². The van der Waals surface area contributed by atoms with Crippen molar-refractivity contribution in [1.82, 2.24) is 4.31 Å². The summed E-state index contributed by atoms with van der Waals surface area (Å²) in [6.07, 6.45) is -7.93. The van der Waals surface area contributed by atoms with Crippen molar-refractivity contribution in [2.24, 2.45) is 0 Å². The van der Waals surface area contributed by atoms with E-state index in [2.05, 4.69) is 6.58 Å². The van der Waals surface area contributed by atoms with E-state index in [0.717, 1.165) is 0 Å². The fourth-order valence-corrected chi connectivity index (χ4v) is 4.09. The zero-order chi connectivity index (χ0) is 31.5. The van der Waals surface area contributed by atoms with Gasteiger partial charge in [0.25, 0.3) is 10.0 Å². The molecule has 0 aliphatic heterocycles. The normalized spacial score (nSPS) is 16.5. The molecule has 1 atom stereocenters. The molecular weight excluding hydrogens is 613 g/mol. The van der Waals surface area contributed by atoms with Crippen LogP contribution in [-0.4, -0.2) is 83.4 Å². The Balaban J connectivity index is 7.16. The number of carbonyl (C=O) groups is 1. The summed E-state index contributed by atoms with van der Waals surface area (Å²) in [4.78, 5) is 10.8. The second-order valence-electron chi connectivity index (χ2n) is 7.18. The highest BCUT2D eigenvalue weighted by Crippen LogP contribution is 2.64. The Morgan fingerprint density at radius 1 is 0.711 bits per heavy atom. The van der Waals surface area contributed by atoms with E-state index in [1.54, 1.807) is 0 Å². The van der Waals surface area contributed by atoms with E-state index in [-0.39, 0.29) is 6.92 Å². The molecule has 0 saturated heterocycles. The van der Waals surface area contributed by atoms with Gasteiger partial charge in [0.05, 0.1) is 6.04 Å². The van der Waals surface area contributed by atoms with Crippen LogP contribution >= 0.6 is 0 Å². The predicted octanol–water partition coefficient (Wildman–Crippen LogP) is 5.63. The standard InChI is InChI=1S/C15H12F17NO4S/c1-4-33(6(3)5(2)7(34)35)38(36,37)15(31,32)13(26,27)11(22,23)9(18,19)8(16,17)10(20,21)12(24,25)14(28,29)30/h6H,2,4H2,1,3H3,(H,34,35). The first kappa shape index (κ1) is 35.9. The van der Waals surface area contributed by atoms with Crippen LogP contribution in [0.5, 0.6) is 0 Å². The molecule has 226 valence electrons. The summed E-state index contributed by atoms with van der Waals surface area (Å²) in [7, 11) is -7.61. The number of sulfonamides is 1. The van der Waals surface area contributed by atoms with Gasteiger partial charge in [0.2, 0.25) is 0 Å². The molecule has 1 unspecified atom stereocenters. The number of carboxylic acid groups (broad SMARTS) is 1. The van der Waals surface area contributed by atoms with E-state index in [9.17, 15) is 87.8 Å². The summed E-state index contributed by atoms with van der Waals surface area (Å²) in [6, 6.07) is -2.59. The molecule has 5 nitrogen and oxygen atoms in total. The molecule has 0 aliphatic carbocycles. The summed E-state index contributed by atoms with van der Waals surface area (Å²) >= 11 is 0. The first-order valence-corrected chi connectivity index (χ1v) is 10.3. The highest BCUT2D eigenvalue weighted by Gasteiger charge is 2.96. The Kier molecular flexibility index (Phi) is 9.02. The van der Waals surface area contributed by atoms with Crippen molar-refractivity contribution in [2.45, 2.75) is 66.9 Å². The maximum absolute atomic E-state index is 14.2. The average molecular weight is 625 g/mol. The summed E-state index contributed by atoms with van der Waals surface area (Å²) in [5, 5.41) is 0.908. The largest absolute Gasteiger partial charge is 0.478 e. The first-order valence-electron chi connectivity index (χ1n) is 8.86. The minimum Gasteiger partial charge on any atom is -0.478 e. The molecule has 0 aromatic carbocycles. The van der Waals surface area contributed by atoms with Crippen LogP contribution < -0.4 is 0 Å². The second-order valence-corrected chi connectivity index (χ2v) is 9.11. The highest BCUT2D eigenvalue weighted by atomic mass is 32.2. The van der Waals surface area contributed by atoms with E-state index >= 15 is 0 Å². The van der Waals surface area contributed by atoms with Gasteiger partial charge < -0.3 is 5.11 Å². The van der Waals surface area contributed by atoms with Crippen LogP contribution in [0, 0.1) is 0 Å². The van der Waals surface area contributed by atoms with Gasteiger partial charge in [0, 0.05) is 12.1 Å². The van der Waals surface area contributed by atoms with E-state index in [4.69, 9.17) is 5.11 Å². The predicted molar refractivity (Wildman–Crippen MR) is 88.2 cm³/mol. The Hall–Kier alpha value is -2.07. The summed E-state index contributed by atoms with van der Waals surface area (Å²) in [6.45, 7) is 1.76. The highest BCUT2D eigenvalue weighted by molar-refractivity contribution is 7.90. The van der Waals surface area contributed by atoms with Crippen molar-refractivity contribution in [3.63, 3.8) is 0 Å². The van der Waals surface area contributed by atoms with Crippen LogP contribution in [0.3, 0.4) is 0 Å². The smallest absolute Gasteiger partial charge is 0.460 e. The van der Waals surface area contributed by atoms with Crippen molar-refractivity contribution in [3.8, 4) is 0 Å². The lowest BCUT2D eigenvalue weighted by atomic mass is 9.91. The van der Waals surface area contributed by atoms with Gasteiger partial charge in [0.15, 0.2) is 0 Å². The summed E-state index contributed by atoms with van der Waals surface area (Å²) in [5.74, 6) is -54.5. The van der Waals surface area contributed by atoms with Crippen molar-refractivity contribution in [3.05, 3.63) is 12.2 Å². The number of carboxylic acids is 1. The topological polar surface area (TPSA) is 74.7 Å². The Labute approximate surface area is 199 Å². The van der Waals surface area contributed by atoms with Gasteiger partial charge >= 0.3 is 52.9 Å². The zero-order valence-electron chi connectivity index (χ0n) is 17.9. The van der Waals surface area contributed by atoms with Crippen LogP contribution in [0.15, 0.2) is 12.2 Å². The number of rotatable bonds is 12. The lowest BCUT2D eigenvalue weighted by Gasteiger charge is -2.43. The molecule has 0 rings (SSSR count). The maximum atomic E-state index is 14.2. The molecule has 1 N–H and O–H groups in total. The SMILES string of the molecule is C=C(C(=O)O)C(C)N(CC)S(=O)(=O)C(F)(F)C(F)(F)C(F)(F)C(F)(F)C(F)(F)C(F)(F)C(F)(F)C(F)(F)F. The van der Waals surface area contributed by atoms with Crippen molar-refractivity contribution in [1.29, 1.82) is 0 Å². The first-order chi connectivity index (χ1) is 16.2.